The highest BCUT2D eigenvalue weighted by Gasteiger charge is 2.22. The molecule has 1 heterocycles. The van der Waals surface area contributed by atoms with E-state index < -0.39 is 0 Å². The highest BCUT2D eigenvalue weighted by molar-refractivity contribution is 5.95. The summed E-state index contributed by atoms with van der Waals surface area (Å²) in [5.41, 5.74) is 0. The van der Waals surface area contributed by atoms with Crippen molar-refractivity contribution in [1.82, 2.24) is 4.90 Å². The summed E-state index contributed by atoms with van der Waals surface area (Å²) >= 11 is 0. The van der Waals surface area contributed by atoms with Gasteiger partial charge in [-0.05, 0) is 44.9 Å². The second-order valence-electron chi connectivity index (χ2n) is 8.08. The number of nitrogens with zero attached hydrogens (tertiary/aromatic N) is 1. The summed E-state index contributed by atoms with van der Waals surface area (Å²) in [5.74, 6) is 0.102. The highest BCUT2D eigenvalue weighted by Crippen LogP contribution is 2.14. The molecule has 0 bridgehead atoms. The Kier molecular flexibility index (Phi) is 15.1. The van der Waals surface area contributed by atoms with Crippen molar-refractivity contribution < 1.29 is 9.59 Å². The van der Waals surface area contributed by atoms with Crippen molar-refractivity contribution in [2.75, 3.05) is 6.54 Å². The van der Waals surface area contributed by atoms with Crippen LogP contribution in [-0.2, 0) is 9.59 Å². The van der Waals surface area contributed by atoms with Gasteiger partial charge in [0.05, 0.1) is 0 Å². The first-order chi connectivity index (χ1) is 13.3. The average molecular weight is 378 g/mol. The zero-order valence-corrected chi connectivity index (χ0v) is 17.9. The molecule has 0 saturated carbocycles. The van der Waals surface area contributed by atoms with Crippen LogP contribution in [0.2, 0.25) is 0 Å². The van der Waals surface area contributed by atoms with Gasteiger partial charge in [-0.3, -0.25) is 14.5 Å². The van der Waals surface area contributed by atoms with Gasteiger partial charge in [-0.15, -0.1) is 0 Å². The van der Waals surface area contributed by atoms with Crippen molar-refractivity contribution >= 4 is 11.8 Å². The van der Waals surface area contributed by atoms with Crippen LogP contribution < -0.4 is 0 Å². The van der Waals surface area contributed by atoms with Crippen LogP contribution in [0.5, 0.6) is 0 Å². The van der Waals surface area contributed by atoms with Crippen molar-refractivity contribution in [3.05, 3.63) is 12.2 Å². The lowest BCUT2D eigenvalue weighted by Crippen LogP contribution is -2.36. The van der Waals surface area contributed by atoms with Crippen LogP contribution in [0.4, 0.5) is 0 Å². The van der Waals surface area contributed by atoms with E-state index in [0.29, 0.717) is 19.4 Å². The van der Waals surface area contributed by atoms with E-state index in [-0.39, 0.29) is 11.8 Å². The molecule has 0 aromatic heterocycles. The number of hydrogen-bond acceptors (Lipinski definition) is 2. The van der Waals surface area contributed by atoms with Crippen LogP contribution in [0.1, 0.15) is 122 Å². The van der Waals surface area contributed by atoms with Gasteiger partial charge in [0.15, 0.2) is 0 Å². The fraction of sp³-hybridized carbons (Fsp3) is 0.833. The minimum absolute atomic E-state index is 0.0465. The fourth-order valence-electron chi connectivity index (χ4n) is 3.73. The Hall–Kier alpha value is -1.12. The van der Waals surface area contributed by atoms with Crippen LogP contribution >= 0.6 is 0 Å². The fourth-order valence-corrected chi connectivity index (χ4v) is 3.73. The number of allylic oxidation sites excluding steroid dienone is 2. The monoisotopic (exact) mass is 377 g/mol. The van der Waals surface area contributed by atoms with E-state index in [2.05, 4.69) is 19.1 Å². The standard InChI is InChI=1S/C24H43NO2/c1-2-3-4-5-6-7-8-9-10-11-12-13-14-15-17-20-23(26)25-22-19-16-18-21-24(25)27/h9-10H,2-8,11-22H2,1H3/b10-9-. The topological polar surface area (TPSA) is 37.4 Å². The molecule has 0 aromatic carbocycles. The molecule has 1 fully saturated rings. The van der Waals surface area contributed by atoms with Gasteiger partial charge in [-0.1, -0.05) is 76.9 Å². The molecule has 27 heavy (non-hydrogen) atoms. The minimum Gasteiger partial charge on any atom is -0.283 e. The first-order valence-electron chi connectivity index (χ1n) is 11.7. The molecule has 3 nitrogen and oxygen atoms in total. The van der Waals surface area contributed by atoms with Crippen LogP contribution in [0.25, 0.3) is 0 Å². The molecule has 1 saturated heterocycles. The SMILES string of the molecule is CCCCCCCC/C=C\CCCCCCCC(=O)N1CCCCCC1=O. The Bertz CT molecular complexity index is 417. The van der Waals surface area contributed by atoms with Gasteiger partial charge in [0.25, 0.3) is 0 Å². The van der Waals surface area contributed by atoms with Crippen molar-refractivity contribution in [2.45, 2.75) is 122 Å². The van der Waals surface area contributed by atoms with Gasteiger partial charge in [0.2, 0.25) is 11.8 Å². The van der Waals surface area contributed by atoms with E-state index in [9.17, 15) is 9.59 Å². The summed E-state index contributed by atoms with van der Waals surface area (Å²) in [5, 5.41) is 0. The predicted molar refractivity (Wildman–Crippen MR) is 115 cm³/mol. The third kappa shape index (κ3) is 12.8. The minimum atomic E-state index is 0.0465. The second kappa shape index (κ2) is 17.0. The molecular formula is C24H43NO2. The van der Waals surface area contributed by atoms with Crippen molar-refractivity contribution in [3.8, 4) is 0 Å². The van der Waals surface area contributed by atoms with Gasteiger partial charge >= 0.3 is 0 Å². The van der Waals surface area contributed by atoms with Crippen LogP contribution in [0.15, 0.2) is 12.2 Å². The van der Waals surface area contributed by atoms with Crippen LogP contribution in [0.3, 0.4) is 0 Å². The van der Waals surface area contributed by atoms with Crippen molar-refractivity contribution in [1.29, 1.82) is 0 Å². The lowest BCUT2D eigenvalue weighted by atomic mass is 10.1. The lowest BCUT2D eigenvalue weighted by Gasteiger charge is -2.18. The third-order valence-corrected chi connectivity index (χ3v) is 5.53. The maximum atomic E-state index is 12.2. The number of carbonyl (C=O) groups excluding carboxylic acids is 2. The zero-order valence-electron chi connectivity index (χ0n) is 17.9. The van der Waals surface area contributed by atoms with Gasteiger partial charge in [-0.2, -0.15) is 0 Å². The Morgan fingerprint density at radius 2 is 1.41 bits per heavy atom. The number of amides is 2. The Morgan fingerprint density at radius 3 is 2.07 bits per heavy atom. The molecular weight excluding hydrogens is 334 g/mol. The normalized spacial score (nSPS) is 15.4. The predicted octanol–water partition coefficient (Wildman–Crippen LogP) is 6.95. The molecule has 0 spiro atoms. The molecule has 156 valence electrons. The largest absolute Gasteiger partial charge is 0.283 e. The van der Waals surface area contributed by atoms with E-state index in [4.69, 9.17) is 0 Å². The second-order valence-corrected chi connectivity index (χ2v) is 8.08. The molecule has 3 heteroatoms. The molecule has 0 radical (unpaired) electrons. The molecule has 1 aliphatic rings. The molecule has 1 aliphatic heterocycles. The quantitative estimate of drug-likeness (QED) is 0.229. The first kappa shape index (κ1) is 23.9. The van der Waals surface area contributed by atoms with Gasteiger partial charge in [0.1, 0.15) is 0 Å². The van der Waals surface area contributed by atoms with Crippen molar-refractivity contribution in [3.63, 3.8) is 0 Å². The molecule has 0 aromatic rings. The zero-order chi connectivity index (χ0) is 19.6. The van der Waals surface area contributed by atoms with E-state index in [0.717, 1.165) is 32.1 Å². The maximum Gasteiger partial charge on any atom is 0.229 e. The van der Waals surface area contributed by atoms with Crippen molar-refractivity contribution in [2.24, 2.45) is 0 Å². The maximum absolute atomic E-state index is 12.2. The summed E-state index contributed by atoms with van der Waals surface area (Å²) in [6.45, 7) is 2.91. The Labute approximate surface area is 168 Å². The number of likely N-dealkylation sites (tertiary alicyclic amines) is 1. The molecule has 0 aliphatic carbocycles. The molecule has 1 rings (SSSR count). The molecule has 2 amide bonds. The Morgan fingerprint density at radius 1 is 0.815 bits per heavy atom. The van der Waals surface area contributed by atoms with E-state index in [1.165, 1.54) is 75.5 Å². The molecule has 0 atom stereocenters. The smallest absolute Gasteiger partial charge is 0.229 e. The van der Waals surface area contributed by atoms with E-state index >= 15 is 0 Å². The molecule has 0 N–H and O–H groups in total. The number of hydrogen-bond donors (Lipinski definition) is 0. The summed E-state index contributed by atoms with van der Waals surface area (Å²) < 4.78 is 0. The van der Waals surface area contributed by atoms with Gasteiger partial charge in [-0.25, -0.2) is 0 Å². The summed E-state index contributed by atoms with van der Waals surface area (Å²) in [4.78, 5) is 25.6. The average Bonchev–Trinajstić information content (AvgIpc) is 2.89. The van der Waals surface area contributed by atoms with E-state index in [1.807, 2.05) is 0 Å². The van der Waals surface area contributed by atoms with Crippen LogP contribution in [0, 0.1) is 0 Å². The summed E-state index contributed by atoms with van der Waals surface area (Å²) in [6.07, 6.45) is 25.2. The number of rotatable bonds is 15. The van der Waals surface area contributed by atoms with Crippen LogP contribution in [-0.4, -0.2) is 23.3 Å². The summed E-state index contributed by atoms with van der Waals surface area (Å²) in [6, 6.07) is 0. The lowest BCUT2D eigenvalue weighted by molar-refractivity contribution is -0.144. The van der Waals surface area contributed by atoms with Gasteiger partial charge in [0, 0.05) is 19.4 Å². The molecule has 0 unspecified atom stereocenters. The van der Waals surface area contributed by atoms with Gasteiger partial charge < -0.3 is 0 Å². The third-order valence-electron chi connectivity index (χ3n) is 5.53. The number of unbranched alkanes of at least 4 members (excludes halogenated alkanes) is 11. The highest BCUT2D eigenvalue weighted by atomic mass is 16.2. The number of carbonyl (C=O) groups is 2. The summed E-state index contributed by atoms with van der Waals surface area (Å²) in [7, 11) is 0. The number of imide groups is 1. The first-order valence-corrected chi connectivity index (χ1v) is 11.7. The Balaban J connectivity index is 1.89. The van der Waals surface area contributed by atoms with E-state index in [1.54, 1.807) is 0 Å².